The van der Waals surface area contributed by atoms with Crippen LogP contribution in [0.2, 0.25) is 0 Å². The molecule has 0 aliphatic carbocycles. The second-order valence-corrected chi connectivity index (χ2v) is 8.67. The Hall–Kier alpha value is -1.76. The van der Waals surface area contributed by atoms with Gasteiger partial charge in [0.05, 0.1) is 12.6 Å². The van der Waals surface area contributed by atoms with Crippen LogP contribution in [0.3, 0.4) is 0 Å². The fourth-order valence-electron chi connectivity index (χ4n) is 2.86. The number of likely N-dealkylation sites (tertiary alicyclic amines) is 1. The number of rotatable bonds is 5. The van der Waals surface area contributed by atoms with E-state index in [1.54, 1.807) is 11.3 Å². The molecule has 2 N–H and O–H groups in total. The van der Waals surface area contributed by atoms with Gasteiger partial charge in [-0.1, -0.05) is 13.0 Å². The van der Waals surface area contributed by atoms with Gasteiger partial charge >= 0.3 is 6.09 Å². The smallest absolute Gasteiger partial charge is 0.407 e. The summed E-state index contributed by atoms with van der Waals surface area (Å²) in [5.74, 6) is 1.33. The molecule has 2 atom stereocenters. The minimum absolute atomic E-state index is 0.0865. The van der Waals surface area contributed by atoms with Gasteiger partial charge in [-0.2, -0.15) is 0 Å². The second kappa shape index (κ2) is 9.26. The highest BCUT2D eigenvalue weighted by molar-refractivity contribution is 7.10. The van der Waals surface area contributed by atoms with Crippen LogP contribution in [0.4, 0.5) is 4.79 Å². The van der Waals surface area contributed by atoms with Gasteiger partial charge in [-0.15, -0.1) is 11.3 Å². The summed E-state index contributed by atoms with van der Waals surface area (Å²) in [6.45, 7) is 13.1. The molecule has 2 rings (SSSR count). The van der Waals surface area contributed by atoms with E-state index in [1.807, 2.05) is 20.8 Å². The van der Waals surface area contributed by atoms with Crippen molar-refractivity contribution in [2.45, 2.75) is 58.6 Å². The van der Waals surface area contributed by atoms with Gasteiger partial charge in [-0.3, -0.25) is 4.99 Å². The van der Waals surface area contributed by atoms with Crippen LogP contribution in [0.1, 0.15) is 51.8 Å². The molecular formula is C19H32N4O2S. The first-order chi connectivity index (χ1) is 12.3. The third-order valence-corrected chi connectivity index (χ3v) is 5.19. The molecule has 7 heteroatoms. The van der Waals surface area contributed by atoms with Crippen LogP contribution < -0.4 is 10.6 Å². The second-order valence-electron chi connectivity index (χ2n) is 7.69. The first-order valence-corrected chi connectivity index (χ1v) is 10.2. The number of alkyl carbamates (subject to hydrolysis) is 1. The Bertz CT molecular complexity index is 595. The van der Waals surface area contributed by atoms with E-state index in [1.165, 1.54) is 4.88 Å². The lowest BCUT2D eigenvalue weighted by Crippen LogP contribution is -2.44. The van der Waals surface area contributed by atoms with Crippen LogP contribution in [0.5, 0.6) is 0 Å². The summed E-state index contributed by atoms with van der Waals surface area (Å²) >= 11 is 1.78. The number of aliphatic imine (C=N–C) groups is 1. The zero-order chi connectivity index (χ0) is 19.2. The lowest BCUT2D eigenvalue weighted by atomic mass is 10.1. The topological polar surface area (TPSA) is 66.0 Å². The third kappa shape index (κ3) is 6.52. The third-order valence-electron chi connectivity index (χ3n) is 4.09. The highest BCUT2D eigenvalue weighted by Gasteiger charge is 2.27. The van der Waals surface area contributed by atoms with E-state index in [0.29, 0.717) is 5.92 Å². The Labute approximate surface area is 161 Å². The summed E-state index contributed by atoms with van der Waals surface area (Å²) in [5, 5.41) is 8.44. The first kappa shape index (κ1) is 20.6. The average Bonchev–Trinajstić information content (AvgIpc) is 3.20. The van der Waals surface area contributed by atoms with Crippen LogP contribution in [0, 0.1) is 0 Å². The van der Waals surface area contributed by atoms with E-state index in [0.717, 1.165) is 38.6 Å². The van der Waals surface area contributed by atoms with Gasteiger partial charge in [0.1, 0.15) is 5.60 Å². The number of carbonyl (C=O) groups excluding carboxylic acids is 1. The largest absolute Gasteiger partial charge is 0.444 e. The molecular weight excluding hydrogens is 348 g/mol. The number of thiophene rings is 1. The van der Waals surface area contributed by atoms with Gasteiger partial charge in [0, 0.05) is 30.4 Å². The Morgan fingerprint density at radius 2 is 2.27 bits per heavy atom. The van der Waals surface area contributed by atoms with Gasteiger partial charge in [-0.05, 0) is 45.6 Å². The Morgan fingerprint density at radius 3 is 2.88 bits per heavy atom. The van der Waals surface area contributed by atoms with Crippen molar-refractivity contribution in [1.82, 2.24) is 15.5 Å². The van der Waals surface area contributed by atoms with Crippen molar-refractivity contribution < 1.29 is 9.53 Å². The zero-order valence-corrected chi connectivity index (χ0v) is 17.4. The molecule has 1 saturated heterocycles. The Morgan fingerprint density at radius 1 is 1.50 bits per heavy atom. The molecule has 6 nitrogen and oxygen atoms in total. The molecule has 26 heavy (non-hydrogen) atoms. The molecule has 2 unspecified atom stereocenters. The number of guanidine groups is 1. The number of ether oxygens (including phenoxy) is 1. The average molecular weight is 381 g/mol. The van der Waals surface area contributed by atoms with Gasteiger partial charge in [0.2, 0.25) is 0 Å². The van der Waals surface area contributed by atoms with Crippen molar-refractivity contribution in [3.8, 4) is 0 Å². The molecule has 146 valence electrons. The molecule has 1 aliphatic heterocycles. The molecule has 1 fully saturated rings. The summed E-state index contributed by atoms with van der Waals surface area (Å²) in [6, 6.07) is 4.33. The van der Waals surface area contributed by atoms with Crippen molar-refractivity contribution in [3.63, 3.8) is 0 Å². The minimum atomic E-state index is -0.476. The SMILES string of the molecule is CCNC(=NCC(C)c1cccs1)N1CCC(NC(=O)OC(C)(C)C)C1. The number of hydrogen-bond acceptors (Lipinski definition) is 4. The van der Waals surface area contributed by atoms with Crippen LogP contribution in [0.25, 0.3) is 0 Å². The van der Waals surface area contributed by atoms with Crippen molar-refractivity contribution in [2.75, 3.05) is 26.2 Å². The quantitative estimate of drug-likeness (QED) is 0.607. The van der Waals surface area contributed by atoms with Gasteiger partial charge < -0.3 is 20.3 Å². The predicted octanol–water partition coefficient (Wildman–Crippen LogP) is 3.42. The van der Waals surface area contributed by atoms with Gasteiger partial charge in [0.15, 0.2) is 5.96 Å². The van der Waals surface area contributed by atoms with E-state index in [2.05, 4.69) is 46.9 Å². The number of amides is 1. The Balaban J connectivity index is 1.90. The normalized spacial score (nSPS) is 19.3. The van der Waals surface area contributed by atoms with Crippen LogP contribution in [-0.2, 0) is 4.74 Å². The summed E-state index contributed by atoms with van der Waals surface area (Å²) in [7, 11) is 0. The van der Waals surface area contributed by atoms with Crippen molar-refractivity contribution in [3.05, 3.63) is 22.4 Å². The van der Waals surface area contributed by atoms with E-state index in [9.17, 15) is 4.79 Å². The number of nitrogens with one attached hydrogen (secondary N) is 2. The molecule has 1 aliphatic rings. The van der Waals surface area contributed by atoms with E-state index < -0.39 is 5.60 Å². The maximum Gasteiger partial charge on any atom is 0.407 e. The molecule has 1 amide bonds. The summed E-state index contributed by atoms with van der Waals surface area (Å²) < 4.78 is 5.35. The van der Waals surface area contributed by atoms with Crippen LogP contribution in [0.15, 0.2) is 22.5 Å². The Kier molecular flexibility index (Phi) is 7.32. The first-order valence-electron chi connectivity index (χ1n) is 9.34. The minimum Gasteiger partial charge on any atom is -0.444 e. The monoisotopic (exact) mass is 380 g/mol. The number of nitrogens with zero attached hydrogens (tertiary/aromatic N) is 2. The summed E-state index contributed by atoms with van der Waals surface area (Å²) in [5.41, 5.74) is -0.476. The number of carbonyl (C=O) groups is 1. The van der Waals surface area contributed by atoms with Crippen molar-refractivity contribution in [2.24, 2.45) is 4.99 Å². The van der Waals surface area contributed by atoms with Crippen molar-refractivity contribution >= 4 is 23.4 Å². The van der Waals surface area contributed by atoms with Crippen LogP contribution in [-0.4, -0.2) is 54.8 Å². The zero-order valence-electron chi connectivity index (χ0n) is 16.5. The maximum atomic E-state index is 12.0. The van der Waals surface area contributed by atoms with Gasteiger partial charge in [0.25, 0.3) is 0 Å². The molecule has 0 radical (unpaired) electrons. The lowest BCUT2D eigenvalue weighted by molar-refractivity contribution is 0.0507. The van der Waals surface area contributed by atoms with E-state index >= 15 is 0 Å². The molecule has 0 bridgehead atoms. The molecule has 0 saturated carbocycles. The summed E-state index contributed by atoms with van der Waals surface area (Å²) in [4.78, 5) is 20.4. The number of hydrogen-bond donors (Lipinski definition) is 2. The molecule has 1 aromatic rings. The lowest BCUT2D eigenvalue weighted by Gasteiger charge is -2.23. The van der Waals surface area contributed by atoms with E-state index in [4.69, 9.17) is 9.73 Å². The standard InChI is InChI=1S/C19H32N4O2S/c1-6-20-17(21-12-14(2)16-8-7-11-26-16)23-10-9-15(13-23)22-18(24)25-19(3,4)5/h7-8,11,14-15H,6,9-10,12-13H2,1-5H3,(H,20,21)(H,22,24). The highest BCUT2D eigenvalue weighted by atomic mass is 32.1. The van der Waals surface area contributed by atoms with Crippen molar-refractivity contribution in [1.29, 1.82) is 0 Å². The highest BCUT2D eigenvalue weighted by Crippen LogP contribution is 2.21. The van der Waals surface area contributed by atoms with E-state index in [-0.39, 0.29) is 12.1 Å². The molecule has 1 aromatic heterocycles. The predicted molar refractivity (Wildman–Crippen MR) is 108 cm³/mol. The maximum absolute atomic E-state index is 12.0. The van der Waals surface area contributed by atoms with Crippen LogP contribution >= 0.6 is 11.3 Å². The molecule has 0 aromatic carbocycles. The molecule has 0 spiro atoms. The summed E-state index contributed by atoms with van der Waals surface area (Å²) in [6.07, 6.45) is 0.544. The molecule has 2 heterocycles. The fourth-order valence-corrected chi connectivity index (χ4v) is 3.63. The van der Waals surface area contributed by atoms with Gasteiger partial charge in [-0.25, -0.2) is 4.79 Å². The fraction of sp³-hybridized carbons (Fsp3) is 0.684.